The van der Waals surface area contributed by atoms with Gasteiger partial charge in [0.15, 0.2) is 0 Å². The van der Waals surface area contributed by atoms with Crippen LogP contribution in [0.15, 0.2) is 35.1 Å². The number of rotatable bonds is 5. The number of aryl methyl sites for hydroxylation is 1. The van der Waals surface area contributed by atoms with E-state index >= 15 is 0 Å². The van der Waals surface area contributed by atoms with Crippen LogP contribution >= 0.6 is 15.9 Å². The first-order valence-electron chi connectivity index (χ1n) is 6.26. The summed E-state index contributed by atoms with van der Waals surface area (Å²) >= 11 is 3.54. The zero-order chi connectivity index (χ0) is 13.8. The highest BCUT2D eigenvalue weighted by Crippen LogP contribution is 2.30. The van der Waals surface area contributed by atoms with Crippen LogP contribution in [0, 0.1) is 0 Å². The van der Waals surface area contributed by atoms with Gasteiger partial charge in [0.25, 0.3) is 0 Å². The number of hydrogen-bond acceptors (Lipinski definition) is 3. The van der Waals surface area contributed by atoms with E-state index in [-0.39, 0.29) is 6.04 Å². The molecule has 0 amide bonds. The molecule has 0 radical (unpaired) electrons. The maximum absolute atomic E-state index is 5.24. The number of ether oxygens (including phenoxy) is 1. The first kappa shape index (κ1) is 13.9. The molecule has 1 atom stereocenters. The lowest BCUT2D eigenvalue weighted by Gasteiger charge is -2.16. The van der Waals surface area contributed by atoms with Gasteiger partial charge < -0.3 is 10.1 Å². The predicted molar refractivity (Wildman–Crippen MR) is 80.6 cm³/mol. The number of aromatic nitrogens is 2. The molecule has 4 nitrogen and oxygen atoms in total. The zero-order valence-electron chi connectivity index (χ0n) is 11.4. The van der Waals surface area contributed by atoms with Crippen molar-refractivity contribution in [2.24, 2.45) is 0 Å². The molecule has 0 aliphatic rings. The van der Waals surface area contributed by atoms with Crippen LogP contribution in [0.4, 0.5) is 5.69 Å². The van der Waals surface area contributed by atoms with Crippen molar-refractivity contribution in [2.45, 2.75) is 26.4 Å². The van der Waals surface area contributed by atoms with Crippen LogP contribution in [0.2, 0.25) is 0 Å². The number of nitrogens with zero attached hydrogens (tertiary/aromatic N) is 2. The van der Waals surface area contributed by atoms with Gasteiger partial charge in [-0.15, -0.1) is 0 Å². The molecule has 1 unspecified atom stereocenters. The van der Waals surface area contributed by atoms with Gasteiger partial charge >= 0.3 is 0 Å². The largest absolute Gasteiger partial charge is 0.497 e. The summed E-state index contributed by atoms with van der Waals surface area (Å²) in [5.41, 5.74) is 2.17. The second kappa shape index (κ2) is 6.10. The van der Waals surface area contributed by atoms with Crippen LogP contribution in [0.3, 0.4) is 0 Å². The Kier molecular flexibility index (Phi) is 4.47. The Morgan fingerprint density at radius 1 is 1.47 bits per heavy atom. The Hall–Kier alpha value is -1.49. The van der Waals surface area contributed by atoms with E-state index in [1.807, 2.05) is 29.1 Å². The Morgan fingerprint density at radius 2 is 2.26 bits per heavy atom. The SMILES string of the molecule is CCn1cc(C(C)Nc2cc(OC)ccc2Br)cn1. The van der Waals surface area contributed by atoms with Crippen molar-refractivity contribution in [1.82, 2.24) is 9.78 Å². The first-order valence-corrected chi connectivity index (χ1v) is 7.05. The number of hydrogen-bond donors (Lipinski definition) is 1. The summed E-state index contributed by atoms with van der Waals surface area (Å²) in [6, 6.07) is 6.06. The van der Waals surface area contributed by atoms with Crippen LogP contribution in [0.25, 0.3) is 0 Å². The summed E-state index contributed by atoms with van der Waals surface area (Å²) in [5, 5.41) is 7.75. The fourth-order valence-electron chi connectivity index (χ4n) is 1.83. The Labute approximate surface area is 121 Å². The molecule has 2 rings (SSSR count). The van der Waals surface area contributed by atoms with Gasteiger partial charge in [-0.05, 0) is 41.9 Å². The summed E-state index contributed by atoms with van der Waals surface area (Å²) < 4.78 is 8.18. The van der Waals surface area contributed by atoms with Crippen LogP contribution in [0.5, 0.6) is 5.75 Å². The smallest absolute Gasteiger partial charge is 0.121 e. The molecule has 0 spiro atoms. The molecule has 19 heavy (non-hydrogen) atoms. The van der Waals surface area contributed by atoms with Gasteiger partial charge in [0, 0.05) is 28.8 Å². The maximum atomic E-state index is 5.24. The summed E-state index contributed by atoms with van der Waals surface area (Å²) in [5.74, 6) is 0.835. The maximum Gasteiger partial charge on any atom is 0.121 e. The molecule has 0 saturated carbocycles. The number of methoxy groups -OCH3 is 1. The van der Waals surface area contributed by atoms with Crippen LogP contribution in [-0.2, 0) is 6.54 Å². The third-order valence-electron chi connectivity index (χ3n) is 3.02. The minimum absolute atomic E-state index is 0.184. The van der Waals surface area contributed by atoms with E-state index in [0.717, 1.165) is 28.0 Å². The molecular formula is C14H18BrN3O. The van der Waals surface area contributed by atoms with Crippen LogP contribution in [0.1, 0.15) is 25.5 Å². The van der Waals surface area contributed by atoms with E-state index in [0.29, 0.717) is 0 Å². The number of halogens is 1. The standard InChI is InChI=1S/C14H18BrN3O/c1-4-18-9-11(8-16-18)10(2)17-14-7-12(19-3)5-6-13(14)15/h5-10,17H,4H2,1-3H3. The fourth-order valence-corrected chi connectivity index (χ4v) is 2.20. The molecule has 1 N–H and O–H groups in total. The lowest BCUT2D eigenvalue weighted by Crippen LogP contribution is -2.06. The van der Waals surface area contributed by atoms with Gasteiger partial charge in [0.05, 0.1) is 25.0 Å². The van der Waals surface area contributed by atoms with E-state index in [4.69, 9.17) is 4.74 Å². The third-order valence-corrected chi connectivity index (χ3v) is 3.71. The molecule has 0 bridgehead atoms. The lowest BCUT2D eigenvalue weighted by atomic mass is 10.2. The van der Waals surface area contributed by atoms with Crippen molar-refractivity contribution in [3.8, 4) is 5.75 Å². The monoisotopic (exact) mass is 323 g/mol. The molecule has 2 aromatic rings. The lowest BCUT2D eigenvalue weighted by molar-refractivity contribution is 0.415. The molecule has 102 valence electrons. The van der Waals surface area contributed by atoms with Crippen molar-refractivity contribution in [2.75, 3.05) is 12.4 Å². The second-order valence-electron chi connectivity index (χ2n) is 4.34. The average Bonchev–Trinajstić information content (AvgIpc) is 2.90. The molecule has 0 saturated heterocycles. The van der Waals surface area contributed by atoms with Gasteiger partial charge in [0.1, 0.15) is 5.75 Å². The van der Waals surface area contributed by atoms with Crippen LogP contribution < -0.4 is 10.1 Å². The van der Waals surface area contributed by atoms with Gasteiger partial charge in [-0.25, -0.2) is 0 Å². The van der Waals surface area contributed by atoms with Gasteiger partial charge in [-0.3, -0.25) is 4.68 Å². The minimum atomic E-state index is 0.184. The predicted octanol–water partition coefficient (Wildman–Crippen LogP) is 3.85. The van der Waals surface area contributed by atoms with Crippen LogP contribution in [-0.4, -0.2) is 16.9 Å². The van der Waals surface area contributed by atoms with Crippen molar-refractivity contribution < 1.29 is 4.74 Å². The number of anilines is 1. The molecule has 0 aliphatic heterocycles. The highest BCUT2D eigenvalue weighted by Gasteiger charge is 2.10. The summed E-state index contributed by atoms with van der Waals surface area (Å²) in [6.07, 6.45) is 3.96. The van der Waals surface area contributed by atoms with E-state index in [1.54, 1.807) is 7.11 Å². The Balaban J connectivity index is 2.15. The van der Waals surface area contributed by atoms with E-state index in [2.05, 4.69) is 46.4 Å². The highest BCUT2D eigenvalue weighted by molar-refractivity contribution is 9.10. The van der Waals surface area contributed by atoms with Gasteiger partial charge in [-0.2, -0.15) is 5.10 Å². The van der Waals surface area contributed by atoms with E-state index < -0.39 is 0 Å². The average molecular weight is 324 g/mol. The Morgan fingerprint density at radius 3 is 2.89 bits per heavy atom. The molecule has 0 aliphatic carbocycles. The van der Waals surface area contributed by atoms with Gasteiger partial charge in [0.2, 0.25) is 0 Å². The van der Waals surface area contributed by atoms with Crippen molar-refractivity contribution in [3.63, 3.8) is 0 Å². The molecule has 0 fully saturated rings. The molecule has 5 heteroatoms. The van der Waals surface area contributed by atoms with Gasteiger partial charge in [-0.1, -0.05) is 0 Å². The number of benzene rings is 1. The van der Waals surface area contributed by atoms with E-state index in [1.165, 1.54) is 0 Å². The number of nitrogens with one attached hydrogen (secondary N) is 1. The first-order chi connectivity index (χ1) is 9.13. The molecule has 1 aromatic carbocycles. The summed E-state index contributed by atoms with van der Waals surface area (Å²) in [6.45, 7) is 5.08. The Bertz CT molecular complexity index is 553. The topological polar surface area (TPSA) is 39.1 Å². The normalized spacial score (nSPS) is 12.2. The summed E-state index contributed by atoms with van der Waals surface area (Å²) in [7, 11) is 1.67. The van der Waals surface area contributed by atoms with Crippen molar-refractivity contribution in [3.05, 3.63) is 40.6 Å². The third kappa shape index (κ3) is 3.29. The molecule has 1 heterocycles. The quantitative estimate of drug-likeness (QED) is 0.908. The molecule has 1 aromatic heterocycles. The van der Waals surface area contributed by atoms with E-state index in [9.17, 15) is 0 Å². The highest BCUT2D eigenvalue weighted by atomic mass is 79.9. The van der Waals surface area contributed by atoms with Crippen molar-refractivity contribution in [1.29, 1.82) is 0 Å². The van der Waals surface area contributed by atoms with Crippen molar-refractivity contribution >= 4 is 21.6 Å². The summed E-state index contributed by atoms with van der Waals surface area (Å²) in [4.78, 5) is 0. The fraction of sp³-hybridized carbons (Fsp3) is 0.357. The zero-order valence-corrected chi connectivity index (χ0v) is 12.9. The minimum Gasteiger partial charge on any atom is -0.497 e. The molecular weight excluding hydrogens is 306 g/mol. The second-order valence-corrected chi connectivity index (χ2v) is 5.20.